The molecular weight excluding hydrogens is 246 g/mol. The predicted molar refractivity (Wildman–Crippen MR) is 73.7 cm³/mol. The molecular formula is C13H11N3OS. The first-order chi connectivity index (χ1) is 8.75. The van der Waals surface area contributed by atoms with E-state index in [1.165, 1.54) is 11.8 Å². The van der Waals surface area contributed by atoms with Gasteiger partial charge in [-0.1, -0.05) is 42.1 Å². The molecule has 5 heteroatoms. The maximum atomic E-state index is 12.2. The van der Waals surface area contributed by atoms with E-state index in [2.05, 4.69) is 10.2 Å². The molecule has 2 heterocycles. The van der Waals surface area contributed by atoms with Crippen molar-refractivity contribution in [2.45, 2.75) is 6.92 Å². The number of carbonyl (C=O) groups is 1. The van der Waals surface area contributed by atoms with Crippen molar-refractivity contribution in [1.29, 1.82) is 0 Å². The molecule has 0 spiro atoms. The molecule has 0 N–H and O–H groups in total. The molecule has 1 aromatic carbocycles. The number of carbonyl (C=O) groups excluding carboxylic acids is 1. The van der Waals surface area contributed by atoms with Crippen LogP contribution in [0.1, 0.15) is 17.3 Å². The molecule has 4 nitrogen and oxygen atoms in total. The molecule has 0 fully saturated rings. The Morgan fingerprint density at radius 2 is 2.06 bits per heavy atom. The predicted octanol–water partition coefficient (Wildman–Crippen LogP) is 2.51. The van der Waals surface area contributed by atoms with Gasteiger partial charge in [0.05, 0.1) is 6.54 Å². The van der Waals surface area contributed by atoms with Crippen molar-refractivity contribution in [2.75, 3.05) is 6.54 Å². The minimum Gasteiger partial charge on any atom is -0.317 e. The maximum absolute atomic E-state index is 12.2. The van der Waals surface area contributed by atoms with Gasteiger partial charge in [-0.15, -0.1) is 10.2 Å². The number of nitrogens with zero attached hydrogens (tertiary/aromatic N) is 3. The first-order valence-electron chi connectivity index (χ1n) is 5.61. The van der Waals surface area contributed by atoms with Gasteiger partial charge in [0, 0.05) is 11.3 Å². The van der Waals surface area contributed by atoms with Crippen molar-refractivity contribution in [2.24, 2.45) is 10.2 Å². The zero-order valence-electron chi connectivity index (χ0n) is 9.83. The third-order valence-corrected chi connectivity index (χ3v) is 3.83. The van der Waals surface area contributed by atoms with Crippen LogP contribution >= 0.6 is 11.8 Å². The zero-order valence-corrected chi connectivity index (χ0v) is 10.6. The molecule has 0 amide bonds. The van der Waals surface area contributed by atoms with Crippen LogP contribution in [0.4, 0.5) is 0 Å². The van der Waals surface area contributed by atoms with E-state index >= 15 is 0 Å². The normalized spacial score (nSPS) is 17.8. The Kier molecular flexibility index (Phi) is 2.76. The molecule has 0 aliphatic carbocycles. The lowest BCUT2D eigenvalue weighted by molar-refractivity contribution is 0.106. The van der Waals surface area contributed by atoms with Crippen molar-refractivity contribution in [1.82, 2.24) is 4.90 Å². The molecule has 0 radical (unpaired) electrons. The first kappa shape index (κ1) is 11.2. The minimum absolute atomic E-state index is 0.0527. The van der Waals surface area contributed by atoms with E-state index in [4.69, 9.17) is 0 Å². The summed E-state index contributed by atoms with van der Waals surface area (Å²) in [6.07, 6.45) is 0. The minimum atomic E-state index is -0.0527. The maximum Gasteiger partial charge on any atom is 0.210 e. The molecule has 0 saturated heterocycles. The molecule has 18 heavy (non-hydrogen) atoms. The fourth-order valence-electron chi connectivity index (χ4n) is 1.84. The zero-order chi connectivity index (χ0) is 12.5. The van der Waals surface area contributed by atoms with Gasteiger partial charge in [-0.2, -0.15) is 0 Å². The quantitative estimate of drug-likeness (QED) is 0.765. The fourth-order valence-corrected chi connectivity index (χ4v) is 2.67. The standard InChI is InChI=1S/C13H11N3OS/c1-9-8-18-13-15-14-11(7-16(9)13)12(17)10-5-3-2-4-6-10/h2-6,8H,7H2,1H3. The number of Topliss-reactive ketones (excluding diaryl/α,β-unsaturated/α-hetero) is 1. The Hall–Kier alpha value is -1.88. The molecule has 0 bridgehead atoms. The summed E-state index contributed by atoms with van der Waals surface area (Å²) in [6, 6.07) is 9.18. The van der Waals surface area contributed by atoms with Gasteiger partial charge in [0.15, 0.2) is 5.17 Å². The highest BCUT2D eigenvalue weighted by Gasteiger charge is 2.27. The highest BCUT2D eigenvalue weighted by Crippen LogP contribution is 2.27. The monoisotopic (exact) mass is 257 g/mol. The molecule has 2 aliphatic heterocycles. The highest BCUT2D eigenvalue weighted by molar-refractivity contribution is 8.16. The third-order valence-electron chi connectivity index (χ3n) is 2.85. The van der Waals surface area contributed by atoms with Gasteiger partial charge in [-0.25, -0.2) is 0 Å². The van der Waals surface area contributed by atoms with Crippen molar-refractivity contribution in [3.8, 4) is 0 Å². The largest absolute Gasteiger partial charge is 0.317 e. The lowest BCUT2D eigenvalue weighted by atomic mass is 10.1. The lowest BCUT2D eigenvalue weighted by Gasteiger charge is -2.22. The van der Waals surface area contributed by atoms with E-state index in [1.807, 2.05) is 35.4 Å². The molecule has 0 aromatic heterocycles. The Labute approximate surface area is 109 Å². The van der Waals surface area contributed by atoms with Crippen LogP contribution in [0.2, 0.25) is 0 Å². The second-order valence-corrected chi connectivity index (χ2v) is 4.92. The molecule has 0 atom stereocenters. The summed E-state index contributed by atoms with van der Waals surface area (Å²) >= 11 is 1.54. The SMILES string of the molecule is CC1=CSC2=NN=C(C(=O)c3ccccc3)CN12. The smallest absolute Gasteiger partial charge is 0.210 e. The van der Waals surface area contributed by atoms with Crippen LogP contribution in [0, 0.1) is 0 Å². The van der Waals surface area contributed by atoms with E-state index in [1.54, 1.807) is 12.1 Å². The number of fused-ring (bicyclic) bond motifs is 1. The Bertz CT molecular complexity index is 590. The van der Waals surface area contributed by atoms with E-state index in [0.29, 0.717) is 17.8 Å². The number of amidine groups is 1. The summed E-state index contributed by atoms with van der Waals surface area (Å²) in [4.78, 5) is 14.2. The van der Waals surface area contributed by atoms with Crippen molar-refractivity contribution < 1.29 is 4.79 Å². The van der Waals surface area contributed by atoms with Crippen LogP contribution in [0.3, 0.4) is 0 Å². The molecule has 1 aromatic rings. The lowest BCUT2D eigenvalue weighted by Crippen LogP contribution is -2.36. The van der Waals surface area contributed by atoms with Gasteiger partial charge in [0.25, 0.3) is 0 Å². The topological polar surface area (TPSA) is 45.0 Å². The number of benzene rings is 1. The van der Waals surface area contributed by atoms with Gasteiger partial charge in [-0.05, 0) is 12.3 Å². The van der Waals surface area contributed by atoms with Crippen LogP contribution in [-0.2, 0) is 0 Å². The van der Waals surface area contributed by atoms with Crippen LogP contribution in [-0.4, -0.2) is 28.1 Å². The van der Waals surface area contributed by atoms with E-state index in [9.17, 15) is 4.79 Å². The summed E-state index contributed by atoms with van der Waals surface area (Å²) < 4.78 is 0. The molecule has 3 rings (SSSR count). The Balaban J connectivity index is 1.87. The van der Waals surface area contributed by atoms with Gasteiger partial charge in [-0.3, -0.25) is 4.79 Å². The summed E-state index contributed by atoms with van der Waals surface area (Å²) in [6.45, 7) is 2.51. The number of hydrogen-bond acceptors (Lipinski definition) is 5. The Morgan fingerprint density at radius 1 is 1.28 bits per heavy atom. The average Bonchev–Trinajstić information content (AvgIpc) is 2.80. The van der Waals surface area contributed by atoms with Crippen molar-refractivity contribution in [3.05, 3.63) is 47.0 Å². The van der Waals surface area contributed by atoms with Crippen molar-refractivity contribution >= 4 is 28.4 Å². The van der Waals surface area contributed by atoms with Crippen LogP contribution < -0.4 is 0 Å². The summed E-state index contributed by atoms with van der Waals surface area (Å²) in [5.74, 6) is -0.0527. The van der Waals surface area contributed by atoms with Gasteiger partial charge < -0.3 is 4.90 Å². The van der Waals surface area contributed by atoms with Crippen LogP contribution in [0.25, 0.3) is 0 Å². The van der Waals surface area contributed by atoms with E-state index in [0.717, 1.165) is 10.9 Å². The van der Waals surface area contributed by atoms with Crippen LogP contribution in [0.5, 0.6) is 0 Å². The number of hydrogen-bond donors (Lipinski definition) is 0. The molecule has 90 valence electrons. The summed E-state index contributed by atoms with van der Waals surface area (Å²) in [5, 5.41) is 11.0. The number of rotatable bonds is 2. The molecule has 2 aliphatic rings. The molecule has 0 saturated carbocycles. The first-order valence-corrected chi connectivity index (χ1v) is 6.49. The Morgan fingerprint density at radius 3 is 2.83 bits per heavy atom. The summed E-state index contributed by atoms with van der Waals surface area (Å²) in [7, 11) is 0. The second-order valence-electron chi connectivity index (χ2n) is 4.09. The molecule has 0 unspecified atom stereocenters. The van der Waals surface area contributed by atoms with E-state index < -0.39 is 0 Å². The number of allylic oxidation sites excluding steroid dienone is 1. The van der Waals surface area contributed by atoms with Crippen molar-refractivity contribution in [3.63, 3.8) is 0 Å². The van der Waals surface area contributed by atoms with Gasteiger partial charge in [0.2, 0.25) is 5.78 Å². The second kappa shape index (κ2) is 4.42. The van der Waals surface area contributed by atoms with Gasteiger partial charge >= 0.3 is 0 Å². The summed E-state index contributed by atoms with van der Waals surface area (Å²) in [5.41, 5.74) is 2.25. The average molecular weight is 257 g/mol. The number of ketones is 1. The third kappa shape index (κ3) is 1.86. The highest BCUT2D eigenvalue weighted by atomic mass is 32.2. The fraction of sp³-hybridized carbons (Fsp3) is 0.154. The number of thioether (sulfide) groups is 1. The van der Waals surface area contributed by atoms with E-state index in [-0.39, 0.29) is 5.78 Å². The van der Waals surface area contributed by atoms with Gasteiger partial charge in [0.1, 0.15) is 5.71 Å². The van der Waals surface area contributed by atoms with Crippen LogP contribution in [0.15, 0.2) is 51.6 Å².